The number of pyridine rings is 1. The Bertz CT molecular complexity index is 511. The molecule has 0 aliphatic heterocycles. The standard InChI is InChI=1S/C17H21NO/c1-17(2,3)14-9-7-13(8-10-14)12-16(19)15-6-4-5-11-18-15/h4-11,16,19H,12H2,1-3H3. The van der Waals surface area contributed by atoms with E-state index in [-0.39, 0.29) is 5.41 Å². The average molecular weight is 255 g/mol. The van der Waals surface area contributed by atoms with Gasteiger partial charge in [-0.3, -0.25) is 4.98 Å². The van der Waals surface area contributed by atoms with Crippen LogP contribution in [0.4, 0.5) is 0 Å². The van der Waals surface area contributed by atoms with Crippen LogP contribution in [0.2, 0.25) is 0 Å². The van der Waals surface area contributed by atoms with E-state index in [1.807, 2.05) is 18.2 Å². The first-order chi connectivity index (χ1) is 8.97. The molecule has 0 aliphatic carbocycles. The van der Waals surface area contributed by atoms with Gasteiger partial charge in [-0.15, -0.1) is 0 Å². The van der Waals surface area contributed by atoms with Gasteiger partial charge in [-0.2, -0.15) is 0 Å². The van der Waals surface area contributed by atoms with Crippen LogP contribution < -0.4 is 0 Å². The van der Waals surface area contributed by atoms with E-state index in [4.69, 9.17) is 0 Å². The molecule has 2 rings (SSSR count). The molecule has 1 heterocycles. The lowest BCUT2D eigenvalue weighted by Crippen LogP contribution is -2.11. The van der Waals surface area contributed by atoms with Crippen molar-refractivity contribution in [3.63, 3.8) is 0 Å². The lowest BCUT2D eigenvalue weighted by Gasteiger charge is -2.19. The normalized spacial score (nSPS) is 13.3. The van der Waals surface area contributed by atoms with Gasteiger partial charge in [0.1, 0.15) is 0 Å². The first kappa shape index (κ1) is 13.8. The fraction of sp³-hybridized carbons (Fsp3) is 0.353. The molecule has 0 saturated heterocycles. The Hall–Kier alpha value is -1.67. The summed E-state index contributed by atoms with van der Waals surface area (Å²) in [5.41, 5.74) is 3.33. The lowest BCUT2D eigenvalue weighted by atomic mass is 9.86. The molecule has 0 fully saturated rings. The zero-order valence-corrected chi connectivity index (χ0v) is 11.8. The van der Waals surface area contributed by atoms with Gasteiger partial charge in [-0.1, -0.05) is 51.1 Å². The van der Waals surface area contributed by atoms with Crippen molar-refractivity contribution < 1.29 is 5.11 Å². The number of rotatable bonds is 3. The number of benzene rings is 1. The highest BCUT2D eigenvalue weighted by molar-refractivity contribution is 5.28. The molecule has 2 heteroatoms. The van der Waals surface area contributed by atoms with E-state index in [9.17, 15) is 5.11 Å². The second kappa shape index (κ2) is 5.54. The summed E-state index contributed by atoms with van der Waals surface area (Å²) < 4.78 is 0. The summed E-state index contributed by atoms with van der Waals surface area (Å²) in [7, 11) is 0. The Morgan fingerprint density at radius 2 is 1.74 bits per heavy atom. The van der Waals surface area contributed by atoms with Crippen molar-refractivity contribution in [1.29, 1.82) is 0 Å². The van der Waals surface area contributed by atoms with E-state index in [1.54, 1.807) is 6.20 Å². The SMILES string of the molecule is CC(C)(C)c1ccc(CC(O)c2ccccn2)cc1. The summed E-state index contributed by atoms with van der Waals surface area (Å²) in [6, 6.07) is 14.1. The maximum absolute atomic E-state index is 10.1. The van der Waals surface area contributed by atoms with Gasteiger partial charge in [0.05, 0.1) is 11.8 Å². The van der Waals surface area contributed by atoms with E-state index in [1.165, 1.54) is 5.56 Å². The van der Waals surface area contributed by atoms with Crippen LogP contribution in [0.1, 0.15) is 43.7 Å². The van der Waals surface area contributed by atoms with Crippen LogP contribution in [-0.2, 0) is 11.8 Å². The highest BCUT2D eigenvalue weighted by Gasteiger charge is 2.14. The van der Waals surface area contributed by atoms with E-state index in [0.29, 0.717) is 6.42 Å². The third-order valence-corrected chi connectivity index (χ3v) is 3.28. The van der Waals surface area contributed by atoms with Gasteiger partial charge in [-0.05, 0) is 28.7 Å². The fourth-order valence-corrected chi connectivity index (χ4v) is 2.04. The molecule has 1 aromatic carbocycles. The number of nitrogens with zero attached hydrogens (tertiary/aromatic N) is 1. The summed E-state index contributed by atoms with van der Waals surface area (Å²) >= 11 is 0. The maximum Gasteiger partial charge on any atom is 0.0999 e. The Morgan fingerprint density at radius 3 is 2.26 bits per heavy atom. The summed E-state index contributed by atoms with van der Waals surface area (Å²) in [6.07, 6.45) is 1.77. The van der Waals surface area contributed by atoms with Gasteiger partial charge in [0, 0.05) is 12.6 Å². The minimum atomic E-state index is -0.540. The predicted molar refractivity (Wildman–Crippen MR) is 78.0 cm³/mol. The molecule has 0 bridgehead atoms. The van der Waals surface area contributed by atoms with Crippen molar-refractivity contribution in [3.8, 4) is 0 Å². The molecule has 1 aromatic heterocycles. The molecular formula is C17H21NO. The molecule has 100 valence electrons. The molecule has 0 aliphatic rings. The van der Waals surface area contributed by atoms with Crippen LogP contribution in [0.25, 0.3) is 0 Å². The van der Waals surface area contributed by atoms with Crippen molar-refractivity contribution in [2.45, 2.75) is 38.7 Å². The van der Waals surface area contributed by atoms with Gasteiger partial charge in [0.15, 0.2) is 0 Å². The number of hydrogen-bond acceptors (Lipinski definition) is 2. The summed E-state index contributed by atoms with van der Waals surface area (Å²) in [4.78, 5) is 4.18. The van der Waals surface area contributed by atoms with Crippen LogP contribution in [0.15, 0.2) is 48.7 Å². The topological polar surface area (TPSA) is 33.1 Å². The zero-order valence-electron chi connectivity index (χ0n) is 11.8. The Labute approximate surface area is 115 Å². The molecule has 1 unspecified atom stereocenters. The van der Waals surface area contributed by atoms with E-state index in [2.05, 4.69) is 50.0 Å². The molecule has 1 N–H and O–H groups in total. The van der Waals surface area contributed by atoms with Crippen molar-refractivity contribution in [2.75, 3.05) is 0 Å². The van der Waals surface area contributed by atoms with Crippen molar-refractivity contribution in [2.24, 2.45) is 0 Å². The van der Waals surface area contributed by atoms with Crippen molar-refractivity contribution in [1.82, 2.24) is 4.98 Å². The van der Waals surface area contributed by atoms with Crippen LogP contribution in [-0.4, -0.2) is 10.1 Å². The first-order valence-corrected chi connectivity index (χ1v) is 6.65. The minimum Gasteiger partial charge on any atom is -0.386 e. The second-order valence-corrected chi connectivity index (χ2v) is 5.92. The third-order valence-electron chi connectivity index (χ3n) is 3.28. The van der Waals surface area contributed by atoms with Gasteiger partial charge in [0.2, 0.25) is 0 Å². The minimum absolute atomic E-state index is 0.165. The number of aromatic nitrogens is 1. The summed E-state index contributed by atoms with van der Waals surface area (Å²) in [6.45, 7) is 6.60. The predicted octanol–water partition coefficient (Wildman–Crippen LogP) is 3.66. The Morgan fingerprint density at radius 1 is 1.05 bits per heavy atom. The molecule has 0 saturated carbocycles. The van der Waals surface area contributed by atoms with Crippen LogP contribution in [0.5, 0.6) is 0 Å². The third kappa shape index (κ3) is 3.65. The molecule has 0 amide bonds. The summed E-state index contributed by atoms with van der Waals surface area (Å²) in [5.74, 6) is 0. The molecular weight excluding hydrogens is 234 g/mol. The lowest BCUT2D eigenvalue weighted by molar-refractivity contribution is 0.173. The number of hydrogen-bond donors (Lipinski definition) is 1. The Balaban J connectivity index is 2.08. The molecule has 0 radical (unpaired) electrons. The number of aliphatic hydroxyl groups excluding tert-OH is 1. The molecule has 1 atom stereocenters. The van der Waals surface area contributed by atoms with Gasteiger partial charge < -0.3 is 5.11 Å². The van der Waals surface area contributed by atoms with Crippen LogP contribution >= 0.6 is 0 Å². The fourth-order valence-electron chi connectivity index (χ4n) is 2.04. The van der Waals surface area contributed by atoms with Crippen molar-refractivity contribution in [3.05, 3.63) is 65.5 Å². The van der Waals surface area contributed by atoms with Crippen LogP contribution in [0.3, 0.4) is 0 Å². The summed E-state index contributed by atoms with van der Waals surface area (Å²) in [5, 5.41) is 10.1. The Kier molecular flexibility index (Phi) is 4.01. The first-order valence-electron chi connectivity index (χ1n) is 6.65. The van der Waals surface area contributed by atoms with Gasteiger partial charge in [-0.25, -0.2) is 0 Å². The highest BCUT2D eigenvalue weighted by Crippen LogP contribution is 2.23. The van der Waals surface area contributed by atoms with Gasteiger partial charge in [0.25, 0.3) is 0 Å². The highest BCUT2D eigenvalue weighted by atomic mass is 16.3. The van der Waals surface area contributed by atoms with Gasteiger partial charge >= 0.3 is 0 Å². The zero-order chi connectivity index (χ0) is 13.9. The second-order valence-electron chi connectivity index (χ2n) is 5.92. The maximum atomic E-state index is 10.1. The van der Waals surface area contributed by atoms with E-state index in [0.717, 1.165) is 11.3 Å². The number of aliphatic hydroxyl groups is 1. The molecule has 0 spiro atoms. The van der Waals surface area contributed by atoms with Crippen LogP contribution in [0, 0.1) is 0 Å². The molecule has 19 heavy (non-hydrogen) atoms. The monoisotopic (exact) mass is 255 g/mol. The van der Waals surface area contributed by atoms with E-state index < -0.39 is 6.10 Å². The molecule has 2 nitrogen and oxygen atoms in total. The largest absolute Gasteiger partial charge is 0.386 e. The smallest absolute Gasteiger partial charge is 0.0999 e. The average Bonchev–Trinajstić information content (AvgIpc) is 2.39. The quantitative estimate of drug-likeness (QED) is 0.908. The van der Waals surface area contributed by atoms with Crippen molar-refractivity contribution >= 4 is 0 Å². The molecule has 2 aromatic rings. The van der Waals surface area contributed by atoms with E-state index >= 15 is 0 Å².